The number of carbonyl (C=O) groups is 1. The molecule has 1 aromatic carbocycles. The predicted molar refractivity (Wildman–Crippen MR) is 67.5 cm³/mol. The van der Waals surface area contributed by atoms with Crippen LogP contribution in [0.2, 0.25) is 0 Å². The summed E-state index contributed by atoms with van der Waals surface area (Å²) in [6.45, 7) is 0.322. The molecule has 2 N–H and O–H groups in total. The molecule has 0 aliphatic rings. The number of amides is 1. The minimum Gasteiger partial charge on any atom is -0.398 e. The van der Waals surface area contributed by atoms with Crippen molar-refractivity contribution in [3.8, 4) is 6.07 Å². The fourth-order valence-electron chi connectivity index (χ4n) is 1.37. The first-order valence-corrected chi connectivity index (χ1v) is 5.16. The maximum atomic E-state index is 11.8. The molecule has 0 aromatic heterocycles. The molecule has 0 aliphatic carbocycles. The number of rotatable bonds is 3. The molecule has 1 aromatic rings. The Labute approximate surface area is 101 Å². The van der Waals surface area contributed by atoms with Gasteiger partial charge in [-0.25, -0.2) is 0 Å². The molecule has 0 heterocycles. The number of likely N-dealkylation sites (N-methyl/N-ethyl adjacent to an activating group) is 2. The molecule has 90 valence electrons. The van der Waals surface area contributed by atoms with Crippen LogP contribution >= 0.6 is 0 Å². The van der Waals surface area contributed by atoms with Crippen LogP contribution in [0.3, 0.4) is 0 Å². The number of anilines is 2. The van der Waals surface area contributed by atoms with E-state index < -0.39 is 0 Å². The van der Waals surface area contributed by atoms with E-state index in [1.807, 2.05) is 20.2 Å². The van der Waals surface area contributed by atoms with Crippen molar-refractivity contribution in [2.45, 2.75) is 0 Å². The zero-order valence-corrected chi connectivity index (χ0v) is 10.3. The van der Waals surface area contributed by atoms with E-state index in [2.05, 4.69) is 0 Å². The maximum Gasteiger partial charge on any atom is 0.240 e. The van der Waals surface area contributed by atoms with E-state index in [-0.39, 0.29) is 5.91 Å². The average molecular weight is 232 g/mol. The van der Waals surface area contributed by atoms with Crippen molar-refractivity contribution in [3.05, 3.63) is 23.8 Å². The van der Waals surface area contributed by atoms with Crippen LogP contribution in [-0.4, -0.2) is 38.5 Å². The molecule has 0 saturated heterocycles. The Morgan fingerprint density at radius 2 is 2.06 bits per heavy atom. The summed E-state index contributed by atoms with van der Waals surface area (Å²) in [6.07, 6.45) is 0. The lowest BCUT2D eigenvalue weighted by Crippen LogP contribution is -2.35. The molecule has 0 fully saturated rings. The number of benzene rings is 1. The van der Waals surface area contributed by atoms with Crippen LogP contribution in [-0.2, 0) is 4.79 Å². The summed E-state index contributed by atoms with van der Waals surface area (Å²) in [5.41, 5.74) is 7.09. The highest BCUT2D eigenvalue weighted by molar-refractivity contribution is 5.94. The third-order valence-electron chi connectivity index (χ3n) is 2.37. The van der Waals surface area contributed by atoms with Crippen LogP contribution in [0, 0.1) is 11.3 Å². The van der Waals surface area contributed by atoms with Crippen LogP contribution in [0.15, 0.2) is 18.2 Å². The number of nitriles is 1. The number of nitrogens with zero attached hydrogens (tertiary/aromatic N) is 3. The second-order valence-corrected chi connectivity index (χ2v) is 4.07. The molecule has 0 radical (unpaired) electrons. The SMILES string of the molecule is CN(C)CC(=O)N(C)c1ccc(N)c(C#N)c1. The van der Waals surface area contributed by atoms with E-state index in [0.717, 1.165) is 0 Å². The summed E-state index contributed by atoms with van der Waals surface area (Å²) in [5.74, 6) is -0.0383. The monoisotopic (exact) mass is 232 g/mol. The highest BCUT2D eigenvalue weighted by Crippen LogP contribution is 2.19. The van der Waals surface area contributed by atoms with Crippen LogP contribution < -0.4 is 10.6 Å². The summed E-state index contributed by atoms with van der Waals surface area (Å²) in [5, 5.41) is 8.87. The molecule has 0 spiro atoms. The second-order valence-electron chi connectivity index (χ2n) is 4.07. The first-order chi connectivity index (χ1) is 7.95. The van der Waals surface area contributed by atoms with Crippen LogP contribution in [0.25, 0.3) is 0 Å². The third kappa shape index (κ3) is 3.20. The van der Waals surface area contributed by atoms with Gasteiger partial charge in [0.15, 0.2) is 0 Å². The Kier molecular flexibility index (Phi) is 4.07. The van der Waals surface area contributed by atoms with Crippen LogP contribution in [0.4, 0.5) is 11.4 Å². The van der Waals surface area contributed by atoms with Crippen LogP contribution in [0.5, 0.6) is 0 Å². The van der Waals surface area contributed by atoms with Gasteiger partial charge in [0.25, 0.3) is 0 Å². The standard InChI is InChI=1S/C12H16N4O/c1-15(2)8-12(17)16(3)10-4-5-11(14)9(6-10)7-13/h4-6H,8,14H2,1-3H3. The molecular weight excluding hydrogens is 216 g/mol. The molecule has 0 aliphatic heterocycles. The lowest BCUT2D eigenvalue weighted by atomic mass is 10.1. The molecule has 0 unspecified atom stereocenters. The number of nitrogen functional groups attached to an aromatic ring is 1. The maximum absolute atomic E-state index is 11.8. The van der Waals surface area contributed by atoms with Gasteiger partial charge >= 0.3 is 0 Å². The summed E-state index contributed by atoms with van der Waals surface area (Å²) in [6, 6.07) is 6.97. The van der Waals surface area contributed by atoms with Crippen LogP contribution in [0.1, 0.15) is 5.56 Å². The first-order valence-electron chi connectivity index (χ1n) is 5.16. The molecular formula is C12H16N4O. The molecule has 1 amide bonds. The van der Waals surface area contributed by atoms with Crippen molar-refractivity contribution >= 4 is 17.3 Å². The zero-order chi connectivity index (χ0) is 13.0. The summed E-state index contributed by atoms with van der Waals surface area (Å²) in [7, 11) is 5.34. The normalized spacial score (nSPS) is 10.1. The molecule has 5 heteroatoms. The Hall–Kier alpha value is -2.06. The second kappa shape index (κ2) is 5.32. The van der Waals surface area contributed by atoms with E-state index in [0.29, 0.717) is 23.5 Å². The van der Waals surface area contributed by atoms with Gasteiger partial charge in [-0.05, 0) is 32.3 Å². The highest BCUT2D eigenvalue weighted by Gasteiger charge is 2.12. The lowest BCUT2D eigenvalue weighted by Gasteiger charge is -2.20. The van der Waals surface area contributed by atoms with Gasteiger partial charge in [0.2, 0.25) is 5.91 Å². The zero-order valence-electron chi connectivity index (χ0n) is 10.3. The topological polar surface area (TPSA) is 73.4 Å². The van der Waals surface area contributed by atoms with Gasteiger partial charge in [0, 0.05) is 18.4 Å². The fourth-order valence-corrected chi connectivity index (χ4v) is 1.37. The van der Waals surface area contributed by atoms with Crippen molar-refractivity contribution in [2.75, 3.05) is 38.3 Å². The first kappa shape index (κ1) is 13.0. The molecule has 0 atom stereocenters. The van der Waals surface area contributed by atoms with Crippen molar-refractivity contribution < 1.29 is 4.79 Å². The quantitative estimate of drug-likeness (QED) is 0.777. The van der Waals surface area contributed by atoms with Crippen molar-refractivity contribution in [1.82, 2.24) is 4.90 Å². The van der Waals surface area contributed by atoms with Gasteiger partial charge in [0.1, 0.15) is 6.07 Å². The van der Waals surface area contributed by atoms with Gasteiger partial charge in [-0.3, -0.25) is 4.79 Å². The summed E-state index contributed by atoms with van der Waals surface area (Å²) >= 11 is 0. The number of hydrogen-bond donors (Lipinski definition) is 1. The van der Waals surface area contributed by atoms with Gasteiger partial charge in [0.05, 0.1) is 12.1 Å². The average Bonchev–Trinajstić information content (AvgIpc) is 2.27. The molecule has 1 rings (SSSR count). The van der Waals surface area contributed by atoms with Gasteiger partial charge in [-0.15, -0.1) is 0 Å². The summed E-state index contributed by atoms with van der Waals surface area (Å²) < 4.78 is 0. The number of carbonyl (C=O) groups excluding carboxylic acids is 1. The molecule has 17 heavy (non-hydrogen) atoms. The Morgan fingerprint density at radius 1 is 1.41 bits per heavy atom. The van der Waals surface area contributed by atoms with Gasteiger partial charge in [-0.1, -0.05) is 0 Å². The van der Waals surface area contributed by atoms with E-state index in [9.17, 15) is 4.79 Å². The van der Waals surface area contributed by atoms with E-state index in [1.165, 1.54) is 4.90 Å². The molecule has 0 saturated carbocycles. The summed E-state index contributed by atoms with van der Waals surface area (Å²) in [4.78, 5) is 15.1. The van der Waals surface area contributed by atoms with E-state index in [1.54, 1.807) is 30.1 Å². The highest BCUT2D eigenvalue weighted by atomic mass is 16.2. The molecule has 5 nitrogen and oxygen atoms in total. The molecule has 0 bridgehead atoms. The minimum atomic E-state index is -0.0383. The van der Waals surface area contributed by atoms with E-state index >= 15 is 0 Å². The Morgan fingerprint density at radius 3 is 2.59 bits per heavy atom. The van der Waals surface area contributed by atoms with Gasteiger partial charge < -0.3 is 15.5 Å². The Bertz CT molecular complexity index is 462. The third-order valence-corrected chi connectivity index (χ3v) is 2.37. The Balaban J connectivity index is 2.93. The minimum absolute atomic E-state index is 0.0383. The number of hydrogen-bond acceptors (Lipinski definition) is 4. The van der Waals surface area contributed by atoms with E-state index in [4.69, 9.17) is 11.0 Å². The predicted octanol–water partition coefficient (Wildman–Crippen LogP) is 0.665. The fraction of sp³-hybridized carbons (Fsp3) is 0.333. The van der Waals surface area contributed by atoms with Crippen molar-refractivity contribution in [2.24, 2.45) is 0 Å². The smallest absolute Gasteiger partial charge is 0.240 e. The van der Waals surface area contributed by atoms with Crippen molar-refractivity contribution in [1.29, 1.82) is 5.26 Å². The number of nitrogens with two attached hydrogens (primary N) is 1. The van der Waals surface area contributed by atoms with Gasteiger partial charge in [-0.2, -0.15) is 5.26 Å². The van der Waals surface area contributed by atoms with Crippen molar-refractivity contribution in [3.63, 3.8) is 0 Å². The largest absolute Gasteiger partial charge is 0.398 e. The lowest BCUT2D eigenvalue weighted by molar-refractivity contribution is -0.118.